The van der Waals surface area contributed by atoms with Gasteiger partial charge in [0.2, 0.25) is 5.91 Å². The minimum absolute atomic E-state index is 0.0143. The maximum atomic E-state index is 13.0. The number of hydrogen-bond acceptors (Lipinski definition) is 4. The van der Waals surface area contributed by atoms with E-state index >= 15 is 0 Å². The number of para-hydroxylation sites is 1. The van der Waals surface area contributed by atoms with Gasteiger partial charge in [-0.05, 0) is 43.2 Å². The average Bonchev–Trinajstić information content (AvgIpc) is 3.00. The first-order valence-corrected chi connectivity index (χ1v) is 11.1. The van der Waals surface area contributed by atoms with Gasteiger partial charge >= 0.3 is 0 Å². The second-order valence-corrected chi connectivity index (χ2v) is 9.48. The lowest BCUT2D eigenvalue weighted by atomic mass is 10.1. The molecule has 2 aromatic rings. The van der Waals surface area contributed by atoms with Gasteiger partial charge in [-0.3, -0.25) is 4.79 Å². The van der Waals surface area contributed by atoms with Crippen LogP contribution in [-0.4, -0.2) is 38.4 Å². The highest BCUT2D eigenvalue weighted by Crippen LogP contribution is 2.24. The third-order valence-electron chi connectivity index (χ3n) is 4.81. The van der Waals surface area contributed by atoms with Crippen LogP contribution < -0.4 is 10.2 Å². The number of benzene rings is 2. The van der Waals surface area contributed by atoms with Crippen LogP contribution >= 0.6 is 11.6 Å². The van der Waals surface area contributed by atoms with Crippen LogP contribution in [0.3, 0.4) is 0 Å². The van der Waals surface area contributed by atoms with Gasteiger partial charge in [0, 0.05) is 16.8 Å². The average molecular weight is 407 g/mol. The third kappa shape index (κ3) is 5.09. The maximum absolute atomic E-state index is 13.0. The van der Waals surface area contributed by atoms with Crippen molar-refractivity contribution >= 4 is 33.0 Å². The lowest BCUT2D eigenvalue weighted by Crippen LogP contribution is -2.46. The number of hydrogen-bond donors (Lipinski definition) is 1. The highest BCUT2D eigenvalue weighted by atomic mass is 35.5. The summed E-state index contributed by atoms with van der Waals surface area (Å²) >= 11 is 5.92. The Morgan fingerprint density at radius 1 is 1.19 bits per heavy atom. The van der Waals surface area contributed by atoms with Crippen LogP contribution in [0.2, 0.25) is 5.02 Å². The molecule has 2 atom stereocenters. The summed E-state index contributed by atoms with van der Waals surface area (Å²) in [7, 11) is -3.09. The predicted octanol–water partition coefficient (Wildman–Crippen LogP) is 3.21. The smallest absolute Gasteiger partial charge is 0.241 e. The number of nitrogens with zero attached hydrogens (tertiary/aromatic N) is 1. The molecule has 0 radical (unpaired) electrons. The second-order valence-electron chi connectivity index (χ2n) is 6.81. The van der Waals surface area contributed by atoms with Gasteiger partial charge in [-0.25, -0.2) is 8.42 Å². The first-order chi connectivity index (χ1) is 12.9. The van der Waals surface area contributed by atoms with Crippen molar-refractivity contribution in [1.82, 2.24) is 5.32 Å². The molecule has 1 aliphatic heterocycles. The van der Waals surface area contributed by atoms with Gasteiger partial charge in [-0.15, -0.1) is 0 Å². The second kappa shape index (κ2) is 8.42. The topological polar surface area (TPSA) is 66.5 Å². The largest absolute Gasteiger partial charge is 0.307 e. The molecular formula is C20H23ClN2O3S. The minimum atomic E-state index is -3.09. The van der Waals surface area contributed by atoms with Crippen LogP contribution in [0.4, 0.5) is 5.69 Å². The van der Waals surface area contributed by atoms with E-state index in [1.165, 1.54) is 0 Å². The normalized spacial score (nSPS) is 19.6. The number of anilines is 1. The zero-order valence-electron chi connectivity index (χ0n) is 15.1. The number of carbonyl (C=O) groups is 1. The van der Waals surface area contributed by atoms with Gasteiger partial charge in [0.15, 0.2) is 9.84 Å². The summed E-state index contributed by atoms with van der Waals surface area (Å²) in [6.45, 7) is 2.10. The molecule has 3 rings (SSSR count). The summed E-state index contributed by atoms with van der Waals surface area (Å²) < 4.78 is 23.8. The van der Waals surface area contributed by atoms with Crippen molar-refractivity contribution in [2.75, 3.05) is 23.0 Å². The van der Waals surface area contributed by atoms with Gasteiger partial charge < -0.3 is 10.2 Å². The molecule has 27 heavy (non-hydrogen) atoms. The first kappa shape index (κ1) is 19.9. The molecule has 1 N–H and O–H groups in total. The van der Waals surface area contributed by atoms with Gasteiger partial charge in [0.05, 0.1) is 24.1 Å². The number of rotatable bonds is 6. The Hall–Kier alpha value is -1.89. The number of carbonyl (C=O) groups excluding carboxylic acids is 1. The van der Waals surface area contributed by atoms with Crippen LogP contribution in [0.15, 0.2) is 54.6 Å². The molecule has 7 heteroatoms. The van der Waals surface area contributed by atoms with Gasteiger partial charge in [0.25, 0.3) is 0 Å². The van der Waals surface area contributed by atoms with E-state index < -0.39 is 9.84 Å². The van der Waals surface area contributed by atoms with Crippen LogP contribution in [0.1, 0.15) is 24.9 Å². The zero-order valence-corrected chi connectivity index (χ0v) is 16.7. The van der Waals surface area contributed by atoms with E-state index in [1.807, 2.05) is 61.5 Å². The zero-order chi connectivity index (χ0) is 19.4. The Labute approximate surface area is 165 Å². The maximum Gasteiger partial charge on any atom is 0.241 e. The molecule has 0 unspecified atom stereocenters. The van der Waals surface area contributed by atoms with E-state index in [1.54, 1.807) is 4.90 Å². The molecule has 144 valence electrons. The summed E-state index contributed by atoms with van der Waals surface area (Å²) in [5, 5.41) is 3.90. The fraction of sp³-hybridized carbons (Fsp3) is 0.350. The predicted molar refractivity (Wildman–Crippen MR) is 109 cm³/mol. The van der Waals surface area contributed by atoms with Gasteiger partial charge in [-0.1, -0.05) is 41.9 Å². The van der Waals surface area contributed by atoms with E-state index in [0.717, 1.165) is 11.3 Å². The monoisotopic (exact) mass is 406 g/mol. The quantitative estimate of drug-likeness (QED) is 0.799. The van der Waals surface area contributed by atoms with Crippen molar-refractivity contribution in [2.45, 2.75) is 25.4 Å². The molecular weight excluding hydrogens is 384 g/mol. The van der Waals surface area contributed by atoms with Crippen LogP contribution in [0, 0.1) is 0 Å². The summed E-state index contributed by atoms with van der Waals surface area (Å²) in [6, 6.07) is 16.4. The molecule has 1 fully saturated rings. The summed E-state index contributed by atoms with van der Waals surface area (Å²) in [6.07, 6.45) is 0.468. The Bertz CT molecular complexity index is 885. The van der Waals surface area contributed by atoms with E-state index in [2.05, 4.69) is 5.32 Å². The molecule has 1 heterocycles. The van der Waals surface area contributed by atoms with E-state index in [-0.39, 0.29) is 36.0 Å². The van der Waals surface area contributed by atoms with Crippen molar-refractivity contribution in [3.63, 3.8) is 0 Å². The van der Waals surface area contributed by atoms with Crippen molar-refractivity contribution in [3.8, 4) is 0 Å². The Balaban J connectivity index is 1.72. The van der Waals surface area contributed by atoms with Crippen molar-refractivity contribution in [3.05, 3.63) is 65.2 Å². The molecule has 0 bridgehead atoms. The fourth-order valence-corrected chi connectivity index (χ4v) is 5.15. The van der Waals surface area contributed by atoms with Crippen LogP contribution in [0.25, 0.3) is 0 Å². The molecule has 0 aromatic heterocycles. The fourth-order valence-electron chi connectivity index (χ4n) is 3.32. The van der Waals surface area contributed by atoms with Gasteiger partial charge in [-0.2, -0.15) is 0 Å². The molecule has 1 aliphatic rings. The van der Waals surface area contributed by atoms with Crippen molar-refractivity contribution in [2.24, 2.45) is 0 Å². The standard InChI is InChI=1S/C20H23ClN2O3S/c1-15(16-7-9-17(21)10-8-16)22-13-20(24)23(18-5-3-2-4-6-18)19-11-12-27(25,26)14-19/h2-10,15,19,22H,11-14H2,1H3/t15-,19+/m1/s1. The molecule has 0 saturated carbocycles. The van der Waals surface area contributed by atoms with E-state index in [0.29, 0.717) is 11.4 Å². The van der Waals surface area contributed by atoms with E-state index in [9.17, 15) is 13.2 Å². The lowest BCUT2D eigenvalue weighted by Gasteiger charge is -2.29. The van der Waals surface area contributed by atoms with Crippen LogP contribution in [0.5, 0.6) is 0 Å². The summed E-state index contributed by atoms with van der Waals surface area (Å²) in [4.78, 5) is 14.6. The molecule has 0 aliphatic carbocycles. The molecule has 0 spiro atoms. The number of amides is 1. The summed E-state index contributed by atoms with van der Waals surface area (Å²) in [5.74, 6) is 0.00704. The molecule has 1 amide bonds. The lowest BCUT2D eigenvalue weighted by molar-refractivity contribution is -0.118. The highest BCUT2D eigenvalue weighted by molar-refractivity contribution is 7.91. The Morgan fingerprint density at radius 2 is 1.85 bits per heavy atom. The number of halogens is 1. The SMILES string of the molecule is C[C@@H](NCC(=O)N(c1ccccc1)[C@H]1CCS(=O)(=O)C1)c1ccc(Cl)cc1. The van der Waals surface area contributed by atoms with Crippen molar-refractivity contribution < 1.29 is 13.2 Å². The minimum Gasteiger partial charge on any atom is -0.307 e. The van der Waals surface area contributed by atoms with Gasteiger partial charge in [0.1, 0.15) is 0 Å². The van der Waals surface area contributed by atoms with Crippen molar-refractivity contribution in [1.29, 1.82) is 0 Å². The molecule has 2 aromatic carbocycles. The Morgan fingerprint density at radius 3 is 2.44 bits per heavy atom. The van der Waals surface area contributed by atoms with Crippen LogP contribution in [-0.2, 0) is 14.6 Å². The highest BCUT2D eigenvalue weighted by Gasteiger charge is 2.35. The first-order valence-electron chi connectivity index (χ1n) is 8.92. The molecule has 1 saturated heterocycles. The Kier molecular flexibility index (Phi) is 6.19. The number of nitrogens with one attached hydrogen (secondary N) is 1. The van der Waals surface area contributed by atoms with E-state index in [4.69, 9.17) is 11.6 Å². The summed E-state index contributed by atoms with van der Waals surface area (Å²) in [5.41, 5.74) is 1.76. The molecule has 5 nitrogen and oxygen atoms in total. The number of sulfone groups is 1. The third-order valence-corrected chi connectivity index (χ3v) is 6.81.